The Morgan fingerprint density at radius 2 is 1.84 bits per heavy atom. The van der Waals surface area contributed by atoms with Crippen molar-refractivity contribution in [1.29, 1.82) is 5.26 Å². The van der Waals surface area contributed by atoms with Crippen molar-refractivity contribution >= 4 is 0 Å². The van der Waals surface area contributed by atoms with Gasteiger partial charge in [0.2, 0.25) is 0 Å². The fraction of sp³-hybridized carbons (Fsp3) is 0.938. The van der Waals surface area contributed by atoms with Gasteiger partial charge in [-0.15, -0.1) is 0 Å². The van der Waals surface area contributed by atoms with Gasteiger partial charge in [0.15, 0.2) is 0 Å². The maximum Gasteiger partial charge on any atom is 0.0628 e. The van der Waals surface area contributed by atoms with Crippen LogP contribution in [0.3, 0.4) is 0 Å². The molecule has 0 amide bonds. The Labute approximate surface area is 118 Å². The fourth-order valence-electron chi connectivity index (χ4n) is 3.37. The van der Waals surface area contributed by atoms with Crippen LogP contribution in [0.15, 0.2) is 0 Å². The highest BCUT2D eigenvalue weighted by molar-refractivity contribution is 5.01. The van der Waals surface area contributed by atoms with Crippen molar-refractivity contribution in [3.63, 3.8) is 0 Å². The number of likely N-dealkylation sites (tertiary alicyclic amines) is 1. The third kappa shape index (κ3) is 3.70. The summed E-state index contributed by atoms with van der Waals surface area (Å²) in [6.45, 7) is 10.5. The lowest BCUT2D eigenvalue weighted by Gasteiger charge is -2.43. The number of hydrogen-bond acceptors (Lipinski definition) is 3. The first-order valence-electron chi connectivity index (χ1n) is 7.69. The van der Waals surface area contributed by atoms with E-state index in [1.807, 2.05) is 0 Å². The maximum absolute atomic E-state index is 8.91. The van der Waals surface area contributed by atoms with E-state index in [1.54, 1.807) is 0 Å². The van der Waals surface area contributed by atoms with E-state index in [1.165, 1.54) is 38.8 Å². The summed E-state index contributed by atoms with van der Waals surface area (Å²) in [6, 6.07) is 3.09. The zero-order chi connectivity index (χ0) is 14.1. The maximum atomic E-state index is 8.91. The first kappa shape index (κ1) is 14.8. The van der Waals surface area contributed by atoms with Crippen LogP contribution in [0.25, 0.3) is 0 Å². The molecule has 1 heterocycles. The average molecular weight is 263 g/mol. The van der Waals surface area contributed by atoms with Crippen molar-refractivity contribution in [1.82, 2.24) is 9.80 Å². The molecule has 19 heavy (non-hydrogen) atoms. The van der Waals surface area contributed by atoms with Crippen LogP contribution in [-0.2, 0) is 0 Å². The minimum Gasteiger partial charge on any atom is -0.303 e. The van der Waals surface area contributed by atoms with Gasteiger partial charge >= 0.3 is 0 Å². The Kier molecular flexibility index (Phi) is 4.23. The molecular formula is C16H29N3. The normalized spacial score (nSPS) is 24.4. The second kappa shape index (κ2) is 5.42. The number of piperidine rings is 1. The fourth-order valence-corrected chi connectivity index (χ4v) is 3.37. The van der Waals surface area contributed by atoms with Gasteiger partial charge in [-0.2, -0.15) is 5.26 Å². The summed E-state index contributed by atoms with van der Waals surface area (Å²) >= 11 is 0. The largest absolute Gasteiger partial charge is 0.303 e. The van der Waals surface area contributed by atoms with E-state index in [0.29, 0.717) is 11.0 Å². The monoisotopic (exact) mass is 263 g/mol. The van der Waals surface area contributed by atoms with Crippen molar-refractivity contribution in [2.24, 2.45) is 5.41 Å². The van der Waals surface area contributed by atoms with Crippen LogP contribution in [0.1, 0.15) is 52.9 Å². The van der Waals surface area contributed by atoms with Crippen molar-refractivity contribution in [2.75, 3.05) is 26.7 Å². The van der Waals surface area contributed by atoms with E-state index in [2.05, 4.69) is 43.7 Å². The van der Waals surface area contributed by atoms with Gasteiger partial charge in [0.1, 0.15) is 0 Å². The lowest BCUT2D eigenvalue weighted by atomic mass is 9.95. The summed E-state index contributed by atoms with van der Waals surface area (Å²) in [4.78, 5) is 5.13. The molecule has 0 atom stereocenters. The van der Waals surface area contributed by atoms with Crippen molar-refractivity contribution in [2.45, 2.75) is 64.5 Å². The van der Waals surface area contributed by atoms with Gasteiger partial charge in [-0.25, -0.2) is 0 Å². The zero-order valence-electron chi connectivity index (χ0n) is 13.1. The van der Waals surface area contributed by atoms with E-state index in [4.69, 9.17) is 5.26 Å². The summed E-state index contributed by atoms with van der Waals surface area (Å²) in [5, 5.41) is 8.91. The minimum atomic E-state index is 0.308. The molecule has 2 fully saturated rings. The lowest BCUT2D eigenvalue weighted by Crippen LogP contribution is -2.50. The summed E-state index contributed by atoms with van der Waals surface area (Å²) in [5.41, 5.74) is 0.659. The molecule has 0 bridgehead atoms. The Morgan fingerprint density at radius 1 is 1.26 bits per heavy atom. The van der Waals surface area contributed by atoms with E-state index < -0.39 is 0 Å². The highest BCUT2D eigenvalue weighted by Gasteiger charge is 2.44. The van der Waals surface area contributed by atoms with Gasteiger partial charge in [0.25, 0.3) is 0 Å². The van der Waals surface area contributed by atoms with E-state index >= 15 is 0 Å². The Morgan fingerprint density at radius 3 is 2.26 bits per heavy atom. The molecule has 0 N–H and O–H groups in total. The topological polar surface area (TPSA) is 30.3 Å². The summed E-state index contributed by atoms with van der Waals surface area (Å²) in [5.74, 6) is 0. The highest BCUT2D eigenvalue weighted by Crippen LogP contribution is 2.49. The van der Waals surface area contributed by atoms with Crippen LogP contribution in [0.2, 0.25) is 0 Å². The first-order valence-corrected chi connectivity index (χ1v) is 7.69. The predicted octanol–water partition coefficient (Wildman–Crippen LogP) is 2.87. The number of hydrogen-bond donors (Lipinski definition) is 0. The minimum absolute atomic E-state index is 0.308. The molecule has 0 aromatic heterocycles. The van der Waals surface area contributed by atoms with Crippen LogP contribution in [-0.4, -0.2) is 48.1 Å². The van der Waals surface area contributed by atoms with Crippen molar-refractivity contribution < 1.29 is 0 Å². The van der Waals surface area contributed by atoms with Crippen LogP contribution in [0.5, 0.6) is 0 Å². The van der Waals surface area contributed by atoms with E-state index in [9.17, 15) is 0 Å². The summed E-state index contributed by atoms with van der Waals surface area (Å²) < 4.78 is 0. The van der Waals surface area contributed by atoms with Gasteiger partial charge in [-0.3, -0.25) is 4.90 Å². The molecule has 0 aromatic rings. The number of rotatable bonds is 4. The van der Waals surface area contributed by atoms with Gasteiger partial charge in [-0.1, -0.05) is 0 Å². The molecule has 2 aliphatic rings. The third-order valence-corrected chi connectivity index (χ3v) is 5.03. The first-order chi connectivity index (χ1) is 8.86. The molecule has 1 aliphatic carbocycles. The summed E-state index contributed by atoms with van der Waals surface area (Å²) in [6.07, 6.45) is 5.81. The molecule has 0 spiro atoms. The molecule has 3 nitrogen and oxygen atoms in total. The average Bonchev–Trinajstić information content (AvgIpc) is 3.08. The molecule has 1 aliphatic heterocycles. The Hall–Kier alpha value is -0.590. The van der Waals surface area contributed by atoms with Gasteiger partial charge < -0.3 is 4.90 Å². The molecular weight excluding hydrogens is 234 g/mol. The zero-order valence-corrected chi connectivity index (χ0v) is 13.1. The van der Waals surface area contributed by atoms with Crippen molar-refractivity contribution in [3.05, 3.63) is 0 Å². The van der Waals surface area contributed by atoms with Crippen LogP contribution >= 0.6 is 0 Å². The lowest BCUT2D eigenvalue weighted by molar-refractivity contribution is 0.0589. The van der Waals surface area contributed by atoms with Crippen LogP contribution in [0.4, 0.5) is 0 Å². The quantitative estimate of drug-likeness (QED) is 0.781. The standard InChI is InChI=1S/C16H29N3/c1-15(2,3)19-11-5-14(6-12-19)18(4)13-16(7-8-16)9-10-17/h14H,5-9,11-13H2,1-4H3. The van der Waals surface area contributed by atoms with Gasteiger partial charge in [-0.05, 0) is 58.9 Å². The molecule has 0 aromatic carbocycles. The van der Waals surface area contributed by atoms with Gasteiger partial charge in [0, 0.05) is 37.6 Å². The van der Waals surface area contributed by atoms with Crippen LogP contribution < -0.4 is 0 Å². The van der Waals surface area contributed by atoms with E-state index in [-0.39, 0.29) is 0 Å². The third-order valence-electron chi connectivity index (χ3n) is 5.03. The van der Waals surface area contributed by atoms with Crippen molar-refractivity contribution in [3.8, 4) is 6.07 Å². The smallest absolute Gasteiger partial charge is 0.0628 e. The van der Waals surface area contributed by atoms with Gasteiger partial charge in [0.05, 0.1) is 6.07 Å². The number of nitrogens with zero attached hydrogens (tertiary/aromatic N) is 3. The molecule has 3 heteroatoms. The Balaban J connectivity index is 1.80. The van der Waals surface area contributed by atoms with E-state index in [0.717, 1.165) is 19.0 Å². The Bertz CT molecular complexity index is 338. The number of nitriles is 1. The summed E-state index contributed by atoms with van der Waals surface area (Å²) in [7, 11) is 2.26. The highest BCUT2D eigenvalue weighted by atomic mass is 15.2. The molecule has 1 saturated carbocycles. The molecule has 108 valence electrons. The molecule has 1 saturated heterocycles. The predicted molar refractivity (Wildman–Crippen MR) is 78.9 cm³/mol. The SMILES string of the molecule is CN(CC1(CC#N)CC1)C1CCN(C(C)(C)C)CC1. The van der Waals surface area contributed by atoms with Crippen LogP contribution in [0, 0.1) is 16.7 Å². The molecule has 0 unspecified atom stereocenters. The second-order valence-electron chi connectivity index (χ2n) is 7.64. The molecule has 2 rings (SSSR count). The second-order valence-corrected chi connectivity index (χ2v) is 7.64. The molecule has 0 radical (unpaired) electrons.